The summed E-state index contributed by atoms with van der Waals surface area (Å²) in [5, 5.41) is 2.77. The zero-order valence-electron chi connectivity index (χ0n) is 20.2. The minimum Gasteiger partial charge on any atom is -0.492 e. The molecule has 1 N–H and O–H groups in total. The van der Waals surface area contributed by atoms with Crippen molar-refractivity contribution in [3.05, 3.63) is 83.4 Å². The highest BCUT2D eigenvalue weighted by atomic mass is 16.5. The number of carbonyl (C=O) groups is 4. The Morgan fingerprint density at radius 1 is 0.919 bits per heavy atom. The highest BCUT2D eigenvalue weighted by Gasteiger charge is 2.35. The van der Waals surface area contributed by atoms with E-state index in [2.05, 4.69) is 5.32 Å². The number of fused-ring (bicyclic) bond motifs is 2. The summed E-state index contributed by atoms with van der Waals surface area (Å²) < 4.78 is 11.4. The second-order valence-corrected chi connectivity index (χ2v) is 8.79. The molecule has 0 radical (unpaired) electrons. The molecule has 0 saturated heterocycles. The van der Waals surface area contributed by atoms with Crippen molar-refractivity contribution in [1.29, 1.82) is 0 Å². The van der Waals surface area contributed by atoms with Crippen molar-refractivity contribution in [2.24, 2.45) is 0 Å². The van der Waals surface area contributed by atoms with Gasteiger partial charge in [0.15, 0.2) is 6.61 Å². The third kappa shape index (κ3) is 5.02. The second-order valence-electron chi connectivity index (χ2n) is 8.79. The molecule has 0 aromatic heterocycles. The van der Waals surface area contributed by atoms with E-state index < -0.39 is 11.8 Å². The molecule has 2 heterocycles. The van der Waals surface area contributed by atoms with Gasteiger partial charge in [-0.1, -0.05) is 24.3 Å². The van der Waals surface area contributed by atoms with Crippen LogP contribution in [0.4, 0.5) is 11.4 Å². The van der Waals surface area contributed by atoms with Gasteiger partial charge < -0.3 is 19.7 Å². The van der Waals surface area contributed by atoms with Crippen LogP contribution in [-0.2, 0) is 9.59 Å². The van der Waals surface area contributed by atoms with E-state index in [0.717, 1.165) is 16.2 Å². The molecule has 4 amide bonds. The lowest BCUT2D eigenvalue weighted by atomic mass is 10.1. The second kappa shape index (κ2) is 10.1. The molecule has 2 aliphatic rings. The number of imide groups is 1. The van der Waals surface area contributed by atoms with E-state index in [9.17, 15) is 19.2 Å². The van der Waals surface area contributed by atoms with Crippen molar-refractivity contribution in [2.75, 3.05) is 36.5 Å². The Morgan fingerprint density at radius 2 is 1.68 bits per heavy atom. The summed E-state index contributed by atoms with van der Waals surface area (Å²) in [4.78, 5) is 52.7. The van der Waals surface area contributed by atoms with Crippen LogP contribution in [0, 0.1) is 6.92 Å². The normalized spacial score (nSPS) is 14.2. The summed E-state index contributed by atoms with van der Waals surface area (Å²) >= 11 is 0. The van der Waals surface area contributed by atoms with E-state index in [4.69, 9.17) is 9.47 Å². The van der Waals surface area contributed by atoms with Crippen LogP contribution in [-0.4, -0.2) is 54.8 Å². The number of hydrogen-bond donors (Lipinski definition) is 1. The van der Waals surface area contributed by atoms with E-state index in [-0.39, 0.29) is 31.4 Å². The number of ether oxygens (including phenoxy) is 2. The number of benzene rings is 3. The van der Waals surface area contributed by atoms with Crippen LogP contribution in [0.3, 0.4) is 0 Å². The number of nitrogens with one attached hydrogen (secondary N) is 1. The van der Waals surface area contributed by atoms with Crippen molar-refractivity contribution in [3.63, 3.8) is 0 Å². The first-order valence-corrected chi connectivity index (χ1v) is 11.9. The smallest absolute Gasteiger partial charge is 0.265 e. The topological polar surface area (TPSA) is 105 Å². The standard InChI is InChI=1S/C28H25N3O6/c1-18-5-4-6-20(15-18)36-14-13-30-23-10-9-19(16-24(23)37-17-26(30)33)29-25(32)11-12-31-27(34)21-7-2-3-8-22(21)28(31)35/h2-10,15-16H,11-14,17H2,1H3,(H,29,32). The Morgan fingerprint density at radius 3 is 2.41 bits per heavy atom. The van der Waals surface area contributed by atoms with Gasteiger partial charge in [0.05, 0.1) is 23.4 Å². The first-order valence-electron chi connectivity index (χ1n) is 11.9. The Labute approximate surface area is 213 Å². The van der Waals surface area contributed by atoms with Gasteiger partial charge >= 0.3 is 0 Å². The molecular weight excluding hydrogens is 474 g/mol. The molecule has 5 rings (SSSR count). The number of hydrogen-bond acceptors (Lipinski definition) is 6. The maximum Gasteiger partial charge on any atom is 0.265 e. The molecule has 0 saturated carbocycles. The Kier molecular flexibility index (Phi) is 6.59. The van der Waals surface area contributed by atoms with Crippen molar-refractivity contribution < 1.29 is 28.7 Å². The molecule has 0 atom stereocenters. The van der Waals surface area contributed by atoms with Gasteiger partial charge in [-0.3, -0.25) is 24.1 Å². The molecule has 2 aliphatic heterocycles. The quantitative estimate of drug-likeness (QED) is 0.476. The van der Waals surface area contributed by atoms with Crippen LogP contribution in [0.25, 0.3) is 0 Å². The van der Waals surface area contributed by atoms with Gasteiger partial charge in [-0.25, -0.2) is 0 Å². The molecule has 0 fully saturated rings. The van der Waals surface area contributed by atoms with Crippen LogP contribution < -0.4 is 19.7 Å². The number of aryl methyl sites for hydroxylation is 1. The Hall–Kier alpha value is -4.66. The Bertz CT molecular complexity index is 1370. The number of amides is 4. The summed E-state index contributed by atoms with van der Waals surface area (Å²) in [5.74, 6) is -0.128. The van der Waals surface area contributed by atoms with Crippen molar-refractivity contribution in [1.82, 2.24) is 4.90 Å². The molecule has 188 valence electrons. The largest absolute Gasteiger partial charge is 0.492 e. The van der Waals surface area contributed by atoms with Gasteiger partial charge in [0.2, 0.25) is 5.91 Å². The van der Waals surface area contributed by atoms with Crippen LogP contribution in [0.15, 0.2) is 66.7 Å². The first kappa shape index (κ1) is 24.1. The summed E-state index contributed by atoms with van der Waals surface area (Å²) in [6, 6.07) is 19.3. The molecule has 0 spiro atoms. The Balaban J connectivity index is 1.18. The predicted molar refractivity (Wildman–Crippen MR) is 136 cm³/mol. The molecule has 0 unspecified atom stereocenters. The molecule has 37 heavy (non-hydrogen) atoms. The lowest BCUT2D eigenvalue weighted by Crippen LogP contribution is -2.41. The van der Waals surface area contributed by atoms with Gasteiger partial charge in [-0.15, -0.1) is 0 Å². The van der Waals surface area contributed by atoms with Crippen LogP contribution in [0.5, 0.6) is 11.5 Å². The van der Waals surface area contributed by atoms with Crippen molar-refractivity contribution in [3.8, 4) is 11.5 Å². The van der Waals surface area contributed by atoms with Gasteiger partial charge in [-0.2, -0.15) is 0 Å². The molecule has 9 nitrogen and oxygen atoms in total. The predicted octanol–water partition coefficient (Wildman–Crippen LogP) is 3.42. The number of anilines is 2. The van der Waals surface area contributed by atoms with Gasteiger partial charge in [0, 0.05) is 24.7 Å². The fourth-order valence-corrected chi connectivity index (χ4v) is 4.37. The molecule has 3 aromatic rings. The van der Waals surface area contributed by atoms with Crippen molar-refractivity contribution >= 4 is 35.0 Å². The summed E-state index contributed by atoms with van der Waals surface area (Å²) in [5.41, 5.74) is 2.86. The van der Waals surface area contributed by atoms with Crippen LogP contribution in [0.2, 0.25) is 0 Å². The summed E-state index contributed by atoms with van der Waals surface area (Å²) in [6.07, 6.45) is -0.0513. The fraction of sp³-hybridized carbons (Fsp3) is 0.214. The third-order valence-corrected chi connectivity index (χ3v) is 6.20. The molecular formula is C28H25N3O6. The lowest BCUT2D eigenvalue weighted by Gasteiger charge is -2.29. The SMILES string of the molecule is Cc1cccc(OCCN2C(=O)COc3cc(NC(=O)CCN4C(=O)c5ccccc5C4=O)ccc32)c1. The number of rotatable bonds is 8. The molecule has 0 bridgehead atoms. The monoisotopic (exact) mass is 499 g/mol. The van der Waals surface area contributed by atoms with Gasteiger partial charge in [0.25, 0.3) is 17.7 Å². The van der Waals surface area contributed by atoms with E-state index in [1.54, 1.807) is 47.4 Å². The average Bonchev–Trinajstić information content (AvgIpc) is 3.13. The maximum absolute atomic E-state index is 12.6. The fourth-order valence-electron chi connectivity index (χ4n) is 4.37. The summed E-state index contributed by atoms with van der Waals surface area (Å²) in [7, 11) is 0. The lowest BCUT2D eigenvalue weighted by molar-refractivity contribution is -0.121. The van der Waals surface area contributed by atoms with Crippen LogP contribution >= 0.6 is 0 Å². The first-order chi connectivity index (χ1) is 17.9. The van der Waals surface area contributed by atoms with Crippen LogP contribution in [0.1, 0.15) is 32.7 Å². The van der Waals surface area contributed by atoms with Gasteiger partial charge in [0.1, 0.15) is 18.1 Å². The third-order valence-electron chi connectivity index (χ3n) is 6.20. The van der Waals surface area contributed by atoms with E-state index in [1.165, 1.54) is 0 Å². The number of nitrogens with zero attached hydrogens (tertiary/aromatic N) is 2. The number of carbonyl (C=O) groups excluding carboxylic acids is 4. The van der Waals surface area contributed by atoms with Crippen molar-refractivity contribution in [2.45, 2.75) is 13.3 Å². The maximum atomic E-state index is 12.6. The highest BCUT2D eigenvalue weighted by Crippen LogP contribution is 2.34. The molecule has 9 heteroatoms. The van der Waals surface area contributed by atoms with Gasteiger partial charge in [-0.05, 0) is 48.9 Å². The van der Waals surface area contributed by atoms with E-state index in [1.807, 2.05) is 31.2 Å². The highest BCUT2D eigenvalue weighted by molar-refractivity contribution is 6.21. The van der Waals surface area contributed by atoms with E-state index >= 15 is 0 Å². The zero-order chi connectivity index (χ0) is 25.9. The summed E-state index contributed by atoms with van der Waals surface area (Å²) in [6.45, 7) is 2.49. The minimum atomic E-state index is -0.397. The molecule has 0 aliphatic carbocycles. The average molecular weight is 500 g/mol. The van der Waals surface area contributed by atoms with E-state index in [0.29, 0.717) is 41.4 Å². The molecule has 3 aromatic carbocycles. The zero-order valence-corrected chi connectivity index (χ0v) is 20.2. The minimum absolute atomic E-state index is 0.0250.